The fourth-order valence-corrected chi connectivity index (χ4v) is 1.75. The van der Waals surface area contributed by atoms with Crippen LogP contribution in [0.3, 0.4) is 0 Å². The zero-order valence-corrected chi connectivity index (χ0v) is 11.5. The molecule has 3 N–H and O–H groups in total. The maximum absolute atomic E-state index is 12.0. The highest BCUT2D eigenvalue weighted by Gasteiger charge is 2.19. The molecule has 1 aromatic carbocycles. The van der Waals surface area contributed by atoms with Gasteiger partial charge in [-0.1, -0.05) is 25.4 Å². The lowest BCUT2D eigenvalue weighted by molar-refractivity contribution is -0.384. The summed E-state index contributed by atoms with van der Waals surface area (Å²) in [6, 6.07) is 3.54. The van der Waals surface area contributed by atoms with E-state index in [9.17, 15) is 14.9 Å². The molecule has 1 atom stereocenters. The quantitative estimate of drug-likeness (QED) is 0.638. The van der Waals surface area contributed by atoms with Crippen LogP contribution in [0.4, 0.5) is 5.69 Å². The summed E-state index contributed by atoms with van der Waals surface area (Å²) >= 11 is 5.89. The maximum atomic E-state index is 12.0. The molecule has 0 fully saturated rings. The Morgan fingerprint density at radius 2 is 2.16 bits per heavy atom. The number of amides is 1. The van der Waals surface area contributed by atoms with Gasteiger partial charge in [-0.25, -0.2) is 0 Å². The predicted octanol–water partition coefficient (Wildman–Crippen LogP) is 1.96. The average Bonchev–Trinajstić information content (AvgIpc) is 2.35. The first-order chi connectivity index (χ1) is 8.86. The second-order valence-electron chi connectivity index (χ2n) is 4.48. The summed E-state index contributed by atoms with van der Waals surface area (Å²) in [5.74, 6) is -0.302. The summed E-state index contributed by atoms with van der Waals surface area (Å²) in [6.07, 6.45) is 0. The van der Waals surface area contributed by atoms with E-state index in [0.29, 0.717) is 0 Å². The third kappa shape index (κ3) is 3.90. The summed E-state index contributed by atoms with van der Waals surface area (Å²) in [5, 5.41) is 13.6. The molecule has 1 unspecified atom stereocenters. The van der Waals surface area contributed by atoms with Gasteiger partial charge in [0, 0.05) is 24.7 Å². The van der Waals surface area contributed by atoms with Crippen molar-refractivity contribution in [3.05, 3.63) is 38.9 Å². The van der Waals surface area contributed by atoms with Gasteiger partial charge < -0.3 is 11.1 Å². The second-order valence-corrected chi connectivity index (χ2v) is 4.89. The van der Waals surface area contributed by atoms with Crippen LogP contribution in [0.25, 0.3) is 0 Å². The fourth-order valence-electron chi connectivity index (χ4n) is 1.54. The summed E-state index contributed by atoms with van der Waals surface area (Å²) < 4.78 is 0. The van der Waals surface area contributed by atoms with Gasteiger partial charge in [-0.15, -0.1) is 0 Å². The summed E-state index contributed by atoms with van der Waals surface area (Å²) in [7, 11) is 0. The molecule has 1 aromatic rings. The van der Waals surface area contributed by atoms with Crippen molar-refractivity contribution in [3.63, 3.8) is 0 Å². The van der Waals surface area contributed by atoms with Crippen molar-refractivity contribution in [1.82, 2.24) is 5.32 Å². The Morgan fingerprint density at radius 1 is 1.53 bits per heavy atom. The lowest BCUT2D eigenvalue weighted by atomic mass is 10.0. The second kappa shape index (κ2) is 6.49. The molecular formula is C12H16ClN3O3. The Hall–Kier alpha value is -1.66. The Morgan fingerprint density at radius 3 is 2.63 bits per heavy atom. The minimum absolute atomic E-state index is 0.0787. The number of hydrogen-bond donors (Lipinski definition) is 2. The van der Waals surface area contributed by atoms with Crippen LogP contribution in [0.5, 0.6) is 0 Å². The molecule has 0 aliphatic heterocycles. The van der Waals surface area contributed by atoms with E-state index in [4.69, 9.17) is 17.3 Å². The van der Waals surface area contributed by atoms with Gasteiger partial charge in [0.1, 0.15) is 0 Å². The molecule has 0 heterocycles. The number of hydrogen-bond acceptors (Lipinski definition) is 4. The van der Waals surface area contributed by atoms with E-state index in [0.717, 1.165) is 6.07 Å². The molecule has 7 heteroatoms. The first-order valence-corrected chi connectivity index (χ1v) is 6.19. The number of nitro benzene ring substituents is 1. The summed E-state index contributed by atoms with van der Waals surface area (Å²) in [6.45, 7) is 4.13. The number of rotatable bonds is 5. The molecule has 19 heavy (non-hydrogen) atoms. The van der Waals surface area contributed by atoms with Crippen LogP contribution in [0, 0.1) is 16.0 Å². The Labute approximate surface area is 116 Å². The van der Waals surface area contributed by atoms with Crippen molar-refractivity contribution in [2.75, 3.05) is 6.54 Å². The number of nitrogens with two attached hydrogens (primary N) is 1. The number of carbonyl (C=O) groups excluding carboxylic acids is 1. The van der Waals surface area contributed by atoms with E-state index in [1.165, 1.54) is 12.1 Å². The fraction of sp³-hybridized carbons (Fsp3) is 0.417. The SMILES string of the molecule is CC(C)C(CN)NC(=O)c1cc([N+](=O)[O-])ccc1Cl. The summed E-state index contributed by atoms with van der Waals surface area (Å²) in [5.41, 5.74) is 5.46. The summed E-state index contributed by atoms with van der Waals surface area (Å²) in [4.78, 5) is 22.2. The topological polar surface area (TPSA) is 98.3 Å². The molecule has 1 amide bonds. The third-order valence-corrected chi connectivity index (χ3v) is 3.11. The van der Waals surface area contributed by atoms with Crippen molar-refractivity contribution < 1.29 is 9.72 Å². The number of nitro groups is 1. The molecule has 6 nitrogen and oxygen atoms in total. The highest BCUT2D eigenvalue weighted by atomic mass is 35.5. The maximum Gasteiger partial charge on any atom is 0.270 e. The first-order valence-electron chi connectivity index (χ1n) is 5.81. The predicted molar refractivity (Wildman–Crippen MR) is 73.3 cm³/mol. The zero-order chi connectivity index (χ0) is 14.6. The molecule has 0 saturated heterocycles. The molecule has 0 saturated carbocycles. The van der Waals surface area contributed by atoms with Crippen molar-refractivity contribution in [1.29, 1.82) is 0 Å². The molecular weight excluding hydrogens is 270 g/mol. The number of carbonyl (C=O) groups is 1. The van der Waals surface area contributed by atoms with Gasteiger partial charge in [-0.2, -0.15) is 0 Å². The van der Waals surface area contributed by atoms with Gasteiger partial charge in [0.25, 0.3) is 11.6 Å². The molecule has 0 radical (unpaired) electrons. The molecule has 0 aromatic heterocycles. The molecule has 0 aliphatic rings. The van der Waals surface area contributed by atoms with E-state index < -0.39 is 10.8 Å². The highest BCUT2D eigenvalue weighted by Crippen LogP contribution is 2.22. The van der Waals surface area contributed by atoms with E-state index in [-0.39, 0.29) is 34.8 Å². The minimum Gasteiger partial charge on any atom is -0.348 e. The molecule has 1 rings (SSSR count). The van der Waals surface area contributed by atoms with Gasteiger partial charge >= 0.3 is 0 Å². The molecule has 0 bridgehead atoms. The van der Waals surface area contributed by atoms with E-state index in [1.807, 2.05) is 13.8 Å². The zero-order valence-electron chi connectivity index (χ0n) is 10.7. The largest absolute Gasteiger partial charge is 0.348 e. The molecule has 0 aliphatic carbocycles. The van der Waals surface area contributed by atoms with Gasteiger partial charge in [0.2, 0.25) is 0 Å². The monoisotopic (exact) mass is 285 g/mol. The number of nitrogens with zero attached hydrogens (tertiary/aromatic N) is 1. The van der Waals surface area contributed by atoms with Gasteiger partial charge in [-0.05, 0) is 12.0 Å². The normalized spacial score (nSPS) is 12.3. The van der Waals surface area contributed by atoms with Crippen LogP contribution < -0.4 is 11.1 Å². The van der Waals surface area contributed by atoms with Crippen LogP contribution in [-0.4, -0.2) is 23.4 Å². The number of benzene rings is 1. The number of halogens is 1. The van der Waals surface area contributed by atoms with Crippen LogP contribution in [-0.2, 0) is 0 Å². The molecule has 104 valence electrons. The van der Waals surface area contributed by atoms with E-state index in [2.05, 4.69) is 5.32 Å². The lowest BCUT2D eigenvalue weighted by Gasteiger charge is -2.20. The smallest absolute Gasteiger partial charge is 0.270 e. The van der Waals surface area contributed by atoms with Crippen molar-refractivity contribution >= 4 is 23.2 Å². The van der Waals surface area contributed by atoms with Crippen molar-refractivity contribution in [2.24, 2.45) is 11.7 Å². The third-order valence-electron chi connectivity index (χ3n) is 2.78. The van der Waals surface area contributed by atoms with Crippen molar-refractivity contribution in [2.45, 2.75) is 19.9 Å². The lowest BCUT2D eigenvalue weighted by Crippen LogP contribution is -2.43. The van der Waals surface area contributed by atoms with Gasteiger partial charge in [0.15, 0.2) is 0 Å². The van der Waals surface area contributed by atoms with Crippen LogP contribution in [0.15, 0.2) is 18.2 Å². The highest BCUT2D eigenvalue weighted by molar-refractivity contribution is 6.33. The van der Waals surface area contributed by atoms with Crippen LogP contribution in [0.2, 0.25) is 5.02 Å². The molecule has 0 spiro atoms. The first kappa shape index (κ1) is 15.4. The van der Waals surface area contributed by atoms with Crippen LogP contribution >= 0.6 is 11.6 Å². The van der Waals surface area contributed by atoms with E-state index in [1.54, 1.807) is 0 Å². The minimum atomic E-state index is -0.573. The standard InChI is InChI=1S/C12H16ClN3O3/c1-7(2)11(6-14)15-12(17)9-5-8(16(18)19)3-4-10(9)13/h3-5,7,11H,6,14H2,1-2H3,(H,15,17). The van der Waals surface area contributed by atoms with Crippen molar-refractivity contribution in [3.8, 4) is 0 Å². The average molecular weight is 286 g/mol. The Bertz CT molecular complexity index is 491. The van der Waals surface area contributed by atoms with Crippen LogP contribution in [0.1, 0.15) is 24.2 Å². The van der Waals surface area contributed by atoms with Gasteiger partial charge in [0.05, 0.1) is 15.5 Å². The number of non-ortho nitro benzene ring substituents is 1. The Balaban J connectivity index is 2.99. The Kier molecular flexibility index (Phi) is 5.26. The van der Waals surface area contributed by atoms with E-state index >= 15 is 0 Å². The number of nitrogens with one attached hydrogen (secondary N) is 1. The van der Waals surface area contributed by atoms with Gasteiger partial charge in [-0.3, -0.25) is 14.9 Å².